The molecule has 0 fully saturated rings. The van der Waals surface area contributed by atoms with Gasteiger partial charge in [0.15, 0.2) is 5.69 Å². The standard InChI is InChI=1S/C52H24N6O2/c1-55-31-25-37(52(38(26-31)56-2)58-40-16-8-4-12-33(40)48-42(58)20-22-46-50(48)35-14-6-10-18-44(35)60-46)36-24-29(27-53)23-30(28-54)51(36)57-39-15-7-3-11-32(39)47-41(57)19-21-45-49(47)34-13-5-9-17-43(34)59-45/h3-26H. The van der Waals surface area contributed by atoms with Crippen LogP contribution in [0.2, 0.25) is 0 Å². The van der Waals surface area contributed by atoms with Crippen LogP contribution in [0.3, 0.4) is 0 Å². The SMILES string of the molecule is [C-]#[N+]c1cc([N+]#[C-])c(-n2c3ccccc3c3c4c(ccc32)oc2ccccc24)c(-c2cc(C#N)cc(C#N)c2-n2c3ccccc3c3c4c(ccc32)oc2ccccc24)c1. The number of nitriles is 2. The van der Waals surface area contributed by atoms with Gasteiger partial charge in [0, 0.05) is 48.7 Å². The lowest BCUT2D eigenvalue weighted by Gasteiger charge is -2.21. The summed E-state index contributed by atoms with van der Waals surface area (Å²) < 4.78 is 16.9. The second-order valence-corrected chi connectivity index (χ2v) is 14.8. The molecule has 12 aromatic rings. The Labute approximate surface area is 340 Å². The number of furan rings is 2. The molecule has 8 aromatic carbocycles. The fraction of sp³-hybridized carbons (Fsp3) is 0. The van der Waals surface area contributed by atoms with Crippen LogP contribution in [0.5, 0.6) is 0 Å². The Balaban J connectivity index is 1.27. The van der Waals surface area contributed by atoms with Crippen molar-refractivity contribution in [2.75, 3.05) is 0 Å². The summed E-state index contributed by atoms with van der Waals surface area (Å²) in [6, 6.07) is 51.6. The molecule has 12 rings (SSSR count). The summed E-state index contributed by atoms with van der Waals surface area (Å²) in [6.45, 7) is 16.8. The quantitative estimate of drug-likeness (QED) is 0.167. The molecule has 8 nitrogen and oxygen atoms in total. The molecule has 0 N–H and O–H groups in total. The van der Waals surface area contributed by atoms with Crippen molar-refractivity contribution >= 4 is 98.9 Å². The largest absolute Gasteiger partial charge is 0.456 e. The van der Waals surface area contributed by atoms with E-state index >= 15 is 0 Å². The first-order valence-corrected chi connectivity index (χ1v) is 19.2. The average Bonchev–Trinajstić information content (AvgIpc) is 4.05. The molecule has 0 aliphatic rings. The van der Waals surface area contributed by atoms with Crippen molar-refractivity contribution in [2.45, 2.75) is 0 Å². The highest BCUT2D eigenvalue weighted by atomic mass is 16.3. The molecule has 8 heteroatoms. The fourth-order valence-corrected chi connectivity index (χ4v) is 9.46. The second kappa shape index (κ2) is 12.2. The summed E-state index contributed by atoms with van der Waals surface area (Å²) in [6.07, 6.45) is 0. The van der Waals surface area contributed by atoms with Crippen LogP contribution in [0.4, 0.5) is 11.4 Å². The third-order valence-electron chi connectivity index (χ3n) is 11.8. The Kier molecular flexibility index (Phi) is 6.73. The number of benzene rings is 8. The van der Waals surface area contributed by atoms with Crippen LogP contribution in [-0.4, -0.2) is 9.13 Å². The Morgan fingerprint density at radius 3 is 1.50 bits per heavy atom. The molecule has 274 valence electrons. The maximum atomic E-state index is 11.0. The number of rotatable bonds is 3. The zero-order valence-corrected chi connectivity index (χ0v) is 31.4. The molecule has 0 unspecified atom stereocenters. The van der Waals surface area contributed by atoms with Crippen LogP contribution in [0.25, 0.3) is 120 Å². The fourth-order valence-electron chi connectivity index (χ4n) is 9.46. The summed E-state index contributed by atoms with van der Waals surface area (Å²) >= 11 is 0. The highest BCUT2D eigenvalue weighted by Gasteiger charge is 2.28. The first-order valence-electron chi connectivity index (χ1n) is 19.2. The van der Waals surface area contributed by atoms with Gasteiger partial charge in [-0.3, -0.25) is 0 Å². The van der Waals surface area contributed by atoms with E-state index in [1.807, 2.05) is 97.1 Å². The Bertz CT molecular complexity index is 3810. The average molecular weight is 765 g/mol. The second-order valence-electron chi connectivity index (χ2n) is 14.8. The van der Waals surface area contributed by atoms with Gasteiger partial charge in [-0.1, -0.05) is 72.8 Å². The van der Waals surface area contributed by atoms with Crippen LogP contribution in [-0.2, 0) is 0 Å². The van der Waals surface area contributed by atoms with Crippen molar-refractivity contribution in [3.63, 3.8) is 0 Å². The molecule has 0 saturated heterocycles. The van der Waals surface area contributed by atoms with Crippen molar-refractivity contribution in [1.82, 2.24) is 9.13 Å². The molecule has 0 atom stereocenters. The lowest BCUT2D eigenvalue weighted by Crippen LogP contribution is -2.05. The van der Waals surface area contributed by atoms with E-state index in [-0.39, 0.29) is 22.5 Å². The topological polar surface area (TPSA) is 92.4 Å². The summed E-state index contributed by atoms with van der Waals surface area (Å²) in [5, 5.41) is 29.3. The minimum absolute atomic E-state index is 0.249. The van der Waals surface area contributed by atoms with Gasteiger partial charge in [0.05, 0.1) is 63.8 Å². The van der Waals surface area contributed by atoms with Gasteiger partial charge >= 0.3 is 0 Å². The molecule has 4 heterocycles. The normalized spacial score (nSPS) is 11.6. The van der Waals surface area contributed by atoms with Gasteiger partial charge in [0.25, 0.3) is 0 Å². The van der Waals surface area contributed by atoms with E-state index in [9.17, 15) is 10.5 Å². The smallest absolute Gasteiger partial charge is 0.201 e. The zero-order valence-electron chi connectivity index (χ0n) is 31.4. The van der Waals surface area contributed by atoms with Gasteiger partial charge in [0.1, 0.15) is 28.4 Å². The van der Waals surface area contributed by atoms with Crippen molar-refractivity contribution in [2.24, 2.45) is 0 Å². The van der Waals surface area contributed by atoms with Crippen molar-refractivity contribution < 1.29 is 8.83 Å². The van der Waals surface area contributed by atoms with E-state index in [0.29, 0.717) is 22.5 Å². The summed E-state index contributed by atoms with van der Waals surface area (Å²) in [5.74, 6) is 0. The first-order chi connectivity index (χ1) is 29.6. The van der Waals surface area contributed by atoms with Gasteiger partial charge in [-0.2, -0.15) is 10.5 Å². The highest BCUT2D eigenvalue weighted by Crippen LogP contribution is 2.49. The van der Waals surface area contributed by atoms with Crippen molar-refractivity contribution in [3.05, 3.63) is 180 Å². The molecular weight excluding hydrogens is 741 g/mol. The molecule has 0 amide bonds. The van der Waals surface area contributed by atoms with Crippen LogP contribution in [0.1, 0.15) is 11.1 Å². The number of hydrogen-bond acceptors (Lipinski definition) is 4. The third kappa shape index (κ3) is 4.34. The minimum Gasteiger partial charge on any atom is -0.456 e. The number of aromatic nitrogens is 2. The van der Waals surface area contributed by atoms with E-state index < -0.39 is 0 Å². The lowest BCUT2D eigenvalue weighted by molar-refractivity contribution is 0.669. The molecule has 0 bridgehead atoms. The minimum atomic E-state index is 0.249. The van der Waals surface area contributed by atoms with Gasteiger partial charge in [-0.25, -0.2) is 9.69 Å². The third-order valence-corrected chi connectivity index (χ3v) is 11.8. The number of hydrogen-bond donors (Lipinski definition) is 0. The monoisotopic (exact) mass is 764 g/mol. The van der Waals surface area contributed by atoms with Crippen LogP contribution < -0.4 is 0 Å². The van der Waals surface area contributed by atoms with E-state index in [1.54, 1.807) is 24.3 Å². The lowest BCUT2D eigenvalue weighted by atomic mass is 9.94. The molecule has 0 aliphatic heterocycles. The molecule has 0 aliphatic carbocycles. The summed E-state index contributed by atoms with van der Waals surface area (Å²) in [5.41, 5.74) is 9.52. The number of fused-ring (bicyclic) bond motifs is 14. The predicted octanol–water partition coefficient (Wildman–Crippen LogP) is 14.2. The summed E-state index contributed by atoms with van der Waals surface area (Å²) in [4.78, 5) is 7.94. The van der Waals surface area contributed by atoms with Gasteiger partial charge in [-0.15, -0.1) is 0 Å². The van der Waals surface area contributed by atoms with Crippen LogP contribution in [0, 0.1) is 35.8 Å². The van der Waals surface area contributed by atoms with E-state index in [2.05, 4.69) is 55.2 Å². The van der Waals surface area contributed by atoms with E-state index in [1.165, 1.54) is 0 Å². The summed E-state index contributed by atoms with van der Waals surface area (Å²) in [7, 11) is 0. The molecule has 0 spiro atoms. The van der Waals surface area contributed by atoms with Gasteiger partial charge in [-0.05, 0) is 78.4 Å². The van der Waals surface area contributed by atoms with Gasteiger partial charge in [0.2, 0.25) is 5.69 Å². The van der Waals surface area contributed by atoms with Crippen molar-refractivity contribution in [1.29, 1.82) is 10.5 Å². The zero-order chi connectivity index (χ0) is 40.2. The Morgan fingerprint density at radius 1 is 0.450 bits per heavy atom. The maximum absolute atomic E-state index is 11.0. The van der Waals surface area contributed by atoms with Gasteiger partial charge < -0.3 is 18.0 Å². The van der Waals surface area contributed by atoms with Crippen LogP contribution >= 0.6 is 0 Å². The van der Waals surface area contributed by atoms with E-state index in [4.69, 9.17) is 22.0 Å². The highest BCUT2D eigenvalue weighted by molar-refractivity contribution is 6.29. The Hall–Kier alpha value is -9.08. The van der Waals surface area contributed by atoms with Crippen LogP contribution in [0.15, 0.2) is 154 Å². The molecular formula is C52H24N6O2. The molecule has 60 heavy (non-hydrogen) atoms. The molecule has 0 saturated carbocycles. The number of nitrogens with zero attached hydrogens (tertiary/aromatic N) is 6. The Morgan fingerprint density at radius 2 is 0.967 bits per heavy atom. The molecule has 0 radical (unpaired) electrons. The number of para-hydroxylation sites is 4. The first kappa shape index (κ1) is 33.1. The predicted molar refractivity (Wildman–Crippen MR) is 237 cm³/mol. The molecule has 4 aromatic heterocycles. The maximum Gasteiger partial charge on any atom is 0.201 e. The van der Waals surface area contributed by atoms with Crippen molar-refractivity contribution in [3.8, 4) is 34.6 Å². The van der Waals surface area contributed by atoms with E-state index in [0.717, 1.165) is 87.5 Å².